The first kappa shape index (κ1) is 11.3. The summed E-state index contributed by atoms with van der Waals surface area (Å²) in [7, 11) is 0. The summed E-state index contributed by atoms with van der Waals surface area (Å²) >= 11 is 1.35. The lowest BCUT2D eigenvalue weighted by atomic mass is 10.3. The molecule has 0 N–H and O–H groups in total. The smallest absolute Gasteiger partial charge is 0.200 e. The molecule has 0 aliphatic heterocycles. The van der Waals surface area contributed by atoms with Gasteiger partial charge in [-0.25, -0.2) is 4.39 Å². The van der Waals surface area contributed by atoms with Crippen LogP contribution in [0.4, 0.5) is 8.78 Å². The predicted molar refractivity (Wildman–Crippen MR) is 53.9 cm³/mol. The number of hydrogen-bond acceptors (Lipinski definition) is 2. The minimum absolute atomic E-state index is 0.00352. The van der Waals surface area contributed by atoms with Crippen LogP contribution in [0.25, 0.3) is 0 Å². The van der Waals surface area contributed by atoms with Crippen molar-refractivity contribution < 1.29 is 13.5 Å². The zero-order chi connectivity index (χ0) is 10.6. The summed E-state index contributed by atoms with van der Waals surface area (Å²) < 4.78 is 31.2. The highest BCUT2D eigenvalue weighted by atomic mass is 32.2. The molecule has 78 valence electrons. The molecule has 1 nitrogen and oxygen atoms in total. The van der Waals surface area contributed by atoms with Crippen molar-refractivity contribution in [3.63, 3.8) is 0 Å². The SMILES string of the molecule is CCCOc1cc(SC)cc(F)c1F. The van der Waals surface area contributed by atoms with Gasteiger partial charge in [-0.1, -0.05) is 6.92 Å². The summed E-state index contributed by atoms with van der Waals surface area (Å²) in [5.41, 5.74) is 0. The third kappa shape index (κ3) is 2.61. The number of benzene rings is 1. The molecule has 0 radical (unpaired) electrons. The summed E-state index contributed by atoms with van der Waals surface area (Å²) in [4.78, 5) is 0.662. The zero-order valence-corrected chi connectivity index (χ0v) is 8.96. The Balaban J connectivity index is 2.95. The molecular formula is C10H12F2OS. The van der Waals surface area contributed by atoms with Gasteiger partial charge in [0.1, 0.15) is 0 Å². The standard InChI is InChI=1S/C10H12F2OS/c1-3-4-13-9-6-7(14-2)5-8(11)10(9)12/h5-6H,3-4H2,1-2H3. The van der Waals surface area contributed by atoms with Gasteiger partial charge in [-0.3, -0.25) is 0 Å². The van der Waals surface area contributed by atoms with Crippen LogP contribution in [0, 0.1) is 11.6 Å². The molecule has 0 aliphatic carbocycles. The molecule has 0 aromatic heterocycles. The van der Waals surface area contributed by atoms with Crippen LogP contribution in [0.1, 0.15) is 13.3 Å². The summed E-state index contributed by atoms with van der Waals surface area (Å²) in [5.74, 6) is -1.77. The minimum atomic E-state index is -0.906. The van der Waals surface area contributed by atoms with E-state index < -0.39 is 11.6 Å². The van der Waals surface area contributed by atoms with E-state index in [4.69, 9.17) is 4.74 Å². The molecule has 4 heteroatoms. The average molecular weight is 218 g/mol. The van der Waals surface area contributed by atoms with Crippen LogP contribution in [0.3, 0.4) is 0 Å². The number of halogens is 2. The van der Waals surface area contributed by atoms with Gasteiger partial charge in [0, 0.05) is 4.90 Å². The molecule has 0 heterocycles. The maximum Gasteiger partial charge on any atom is 0.200 e. The molecule has 1 rings (SSSR count). The molecule has 0 spiro atoms. The Morgan fingerprint density at radius 3 is 2.64 bits per heavy atom. The van der Waals surface area contributed by atoms with E-state index in [2.05, 4.69) is 0 Å². The van der Waals surface area contributed by atoms with E-state index in [1.807, 2.05) is 6.92 Å². The van der Waals surface area contributed by atoms with E-state index in [-0.39, 0.29) is 5.75 Å². The van der Waals surface area contributed by atoms with Crippen molar-refractivity contribution in [2.75, 3.05) is 12.9 Å². The van der Waals surface area contributed by atoms with Crippen LogP contribution in [0.5, 0.6) is 5.75 Å². The van der Waals surface area contributed by atoms with Crippen molar-refractivity contribution in [2.45, 2.75) is 18.2 Å². The van der Waals surface area contributed by atoms with Gasteiger partial charge in [0.15, 0.2) is 11.6 Å². The zero-order valence-electron chi connectivity index (χ0n) is 8.14. The fraction of sp³-hybridized carbons (Fsp3) is 0.400. The second-order valence-corrected chi connectivity index (χ2v) is 3.65. The van der Waals surface area contributed by atoms with Crippen LogP contribution in [0.15, 0.2) is 17.0 Å². The van der Waals surface area contributed by atoms with E-state index in [0.29, 0.717) is 11.5 Å². The number of thioether (sulfide) groups is 1. The fourth-order valence-corrected chi connectivity index (χ4v) is 1.42. The number of ether oxygens (including phenoxy) is 1. The Hall–Kier alpha value is -0.770. The van der Waals surface area contributed by atoms with E-state index in [1.165, 1.54) is 23.9 Å². The van der Waals surface area contributed by atoms with Gasteiger partial charge in [-0.05, 0) is 24.8 Å². The van der Waals surface area contributed by atoms with Crippen LogP contribution < -0.4 is 4.74 Å². The van der Waals surface area contributed by atoms with Gasteiger partial charge in [0.25, 0.3) is 0 Å². The highest BCUT2D eigenvalue weighted by Gasteiger charge is 2.11. The Labute approximate surface area is 86.5 Å². The first-order valence-electron chi connectivity index (χ1n) is 4.34. The van der Waals surface area contributed by atoms with E-state index in [9.17, 15) is 8.78 Å². The average Bonchev–Trinajstić information content (AvgIpc) is 2.20. The second-order valence-electron chi connectivity index (χ2n) is 2.77. The topological polar surface area (TPSA) is 9.23 Å². The molecule has 0 atom stereocenters. The van der Waals surface area contributed by atoms with Crippen molar-refractivity contribution >= 4 is 11.8 Å². The molecule has 0 saturated heterocycles. The molecule has 0 amide bonds. The van der Waals surface area contributed by atoms with Crippen LogP contribution in [-0.4, -0.2) is 12.9 Å². The molecule has 0 saturated carbocycles. The minimum Gasteiger partial charge on any atom is -0.490 e. The van der Waals surface area contributed by atoms with Gasteiger partial charge < -0.3 is 4.74 Å². The highest BCUT2D eigenvalue weighted by molar-refractivity contribution is 7.98. The Bertz CT molecular complexity index is 315. The molecular weight excluding hydrogens is 206 g/mol. The molecule has 0 bridgehead atoms. The molecule has 14 heavy (non-hydrogen) atoms. The number of rotatable bonds is 4. The lowest BCUT2D eigenvalue weighted by molar-refractivity contribution is 0.294. The fourth-order valence-electron chi connectivity index (χ4n) is 0.975. The van der Waals surface area contributed by atoms with Gasteiger partial charge in [0.2, 0.25) is 5.82 Å². The van der Waals surface area contributed by atoms with Gasteiger partial charge >= 0.3 is 0 Å². The Morgan fingerprint density at radius 1 is 1.36 bits per heavy atom. The van der Waals surface area contributed by atoms with Crippen molar-refractivity contribution in [3.8, 4) is 5.75 Å². The van der Waals surface area contributed by atoms with Crippen molar-refractivity contribution in [3.05, 3.63) is 23.8 Å². The quantitative estimate of drug-likeness (QED) is 0.715. The first-order valence-corrected chi connectivity index (χ1v) is 5.57. The van der Waals surface area contributed by atoms with Gasteiger partial charge in [-0.15, -0.1) is 11.8 Å². The van der Waals surface area contributed by atoms with Crippen molar-refractivity contribution in [2.24, 2.45) is 0 Å². The molecule has 0 fully saturated rings. The van der Waals surface area contributed by atoms with Gasteiger partial charge in [-0.2, -0.15) is 4.39 Å². The van der Waals surface area contributed by atoms with Crippen LogP contribution in [-0.2, 0) is 0 Å². The van der Waals surface area contributed by atoms with E-state index >= 15 is 0 Å². The van der Waals surface area contributed by atoms with E-state index in [0.717, 1.165) is 6.42 Å². The summed E-state index contributed by atoms with van der Waals surface area (Å²) in [5, 5.41) is 0. The largest absolute Gasteiger partial charge is 0.490 e. The maximum absolute atomic E-state index is 13.1. The van der Waals surface area contributed by atoms with Crippen molar-refractivity contribution in [1.29, 1.82) is 0 Å². The molecule has 1 aromatic carbocycles. The van der Waals surface area contributed by atoms with Crippen LogP contribution >= 0.6 is 11.8 Å². The second kappa shape index (κ2) is 5.20. The third-order valence-electron chi connectivity index (χ3n) is 1.67. The van der Waals surface area contributed by atoms with Crippen molar-refractivity contribution in [1.82, 2.24) is 0 Å². The summed E-state index contributed by atoms with van der Waals surface area (Å²) in [6.07, 6.45) is 2.57. The molecule has 0 unspecified atom stereocenters. The van der Waals surface area contributed by atoms with E-state index in [1.54, 1.807) is 6.26 Å². The lowest BCUT2D eigenvalue weighted by Gasteiger charge is -2.07. The number of hydrogen-bond donors (Lipinski definition) is 0. The predicted octanol–water partition coefficient (Wildman–Crippen LogP) is 3.48. The molecule has 0 aliphatic rings. The third-order valence-corrected chi connectivity index (χ3v) is 2.37. The Kier molecular flexibility index (Phi) is 4.20. The normalized spacial score (nSPS) is 10.3. The van der Waals surface area contributed by atoms with Gasteiger partial charge in [0.05, 0.1) is 6.61 Å². The monoisotopic (exact) mass is 218 g/mol. The lowest BCUT2D eigenvalue weighted by Crippen LogP contribution is -1.99. The molecule has 1 aromatic rings. The highest BCUT2D eigenvalue weighted by Crippen LogP contribution is 2.26. The van der Waals surface area contributed by atoms with Crippen LogP contribution in [0.2, 0.25) is 0 Å². The maximum atomic E-state index is 13.1. The summed E-state index contributed by atoms with van der Waals surface area (Å²) in [6.45, 7) is 2.31. The Morgan fingerprint density at radius 2 is 2.07 bits per heavy atom. The summed E-state index contributed by atoms with van der Waals surface area (Å²) in [6, 6.07) is 2.68. The first-order chi connectivity index (χ1) is 6.69.